The minimum atomic E-state index is 0.123. The number of rotatable bonds is 5. The third-order valence-corrected chi connectivity index (χ3v) is 3.89. The van der Waals surface area contributed by atoms with E-state index < -0.39 is 0 Å². The third kappa shape index (κ3) is 2.74. The molecule has 0 radical (unpaired) electrons. The number of para-hydroxylation sites is 1. The topological polar surface area (TPSA) is 30.5 Å². The molecule has 1 aliphatic rings. The van der Waals surface area contributed by atoms with E-state index in [1.165, 1.54) is 16.7 Å². The molecule has 1 aliphatic heterocycles. The van der Waals surface area contributed by atoms with Crippen LogP contribution in [0, 0.1) is 0 Å². The van der Waals surface area contributed by atoms with Crippen LogP contribution in [0.4, 0.5) is 0 Å². The van der Waals surface area contributed by atoms with Crippen LogP contribution in [0.2, 0.25) is 0 Å². The van der Waals surface area contributed by atoms with Gasteiger partial charge in [0.1, 0.15) is 11.5 Å². The maximum Gasteiger partial charge on any atom is 0.127 e. The van der Waals surface area contributed by atoms with Gasteiger partial charge in [-0.05, 0) is 29.8 Å². The zero-order valence-electron chi connectivity index (χ0n) is 12.6. The third-order valence-electron chi connectivity index (χ3n) is 3.89. The average Bonchev–Trinajstić information content (AvgIpc) is 3.01. The molecule has 21 heavy (non-hydrogen) atoms. The van der Waals surface area contributed by atoms with Crippen molar-refractivity contribution in [1.82, 2.24) is 5.32 Å². The summed E-state index contributed by atoms with van der Waals surface area (Å²) in [4.78, 5) is 0. The number of benzene rings is 2. The Balaban J connectivity index is 2.04. The molecule has 3 heteroatoms. The Bertz CT molecular complexity index is 624. The molecule has 110 valence electrons. The van der Waals surface area contributed by atoms with Crippen molar-refractivity contribution in [2.24, 2.45) is 0 Å². The van der Waals surface area contributed by atoms with Crippen LogP contribution in [-0.4, -0.2) is 20.3 Å². The Morgan fingerprint density at radius 2 is 2.10 bits per heavy atom. The van der Waals surface area contributed by atoms with E-state index in [1.807, 2.05) is 12.1 Å². The summed E-state index contributed by atoms with van der Waals surface area (Å²) >= 11 is 0. The summed E-state index contributed by atoms with van der Waals surface area (Å²) in [5, 5.41) is 3.56. The first kappa shape index (κ1) is 14.0. The number of fused-ring (bicyclic) bond motifs is 1. The number of methoxy groups -OCH3 is 1. The minimum absolute atomic E-state index is 0.123. The second kappa shape index (κ2) is 6.19. The first-order valence-corrected chi connectivity index (χ1v) is 7.45. The van der Waals surface area contributed by atoms with Gasteiger partial charge in [0.05, 0.1) is 19.8 Å². The van der Waals surface area contributed by atoms with Crippen molar-refractivity contribution in [1.29, 1.82) is 0 Å². The first-order valence-electron chi connectivity index (χ1n) is 7.45. The summed E-state index contributed by atoms with van der Waals surface area (Å²) in [6, 6.07) is 14.8. The van der Waals surface area contributed by atoms with Gasteiger partial charge in [0.25, 0.3) is 0 Å². The molecule has 0 spiro atoms. The van der Waals surface area contributed by atoms with E-state index in [-0.39, 0.29) is 6.04 Å². The fraction of sp³-hybridized carbons (Fsp3) is 0.333. The van der Waals surface area contributed by atoms with Gasteiger partial charge in [0.2, 0.25) is 0 Å². The summed E-state index contributed by atoms with van der Waals surface area (Å²) in [5.74, 6) is 1.93. The predicted molar refractivity (Wildman–Crippen MR) is 84.2 cm³/mol. The molecule has 1 N–H and O–H groups in total. The summed E-state index contributed by atoms with van der Waals surface area (Å²) in [6.07, 6.45) is 1.00. The van der Waals surface area contributed by atoms with E-state index in [9.17, 15) is 0 Å². The number of ether oxygens (including phenoxy) is 2. The molecular formula is C18H21NO2. The fourth-order valence-corrected chi connectivity index (χ4v) is 2.90. The monoisotopic (exact) mass is 283 g/mol. The van der Waals surface area contributed by atoms with Crippen molar-refractivity contribution in [3.8, 4) is 11.5 Å². The summed E-state index contributed by atoms with van der Waals surface area (Å²) in [7, 11) is 1.70. The van der Waals surface area contributed by atoms with Gasteiger partial charge in [-0.3, -0.25) is 0 Å². The molecule has 1 unspecified atom stereocenters. The van der Waals surface area contributed by atoms with Crippen LogP contribution in [0.25, 0.3) is 0 Å². The molecule has 0 aromatic heterocycles. The van der Waals surface area contributed by atoms with Gasteiger partial charge in [-0.2, -0.15) is 0 Å². The molecule has 3 nitrogen and oxygen atoms in total. The van der Waals surface area contributed by atoms with Gasteiger partial charge in [0, 0.05) is 12.0 Å². The average molecular weight is 283 g/mol. The van der Waals surface area contributed by atoms with Crippen LogP contribution in [0.3, 0.4) is 0 Å². The van der Waals surface area contributed by atoms with Gasteiger partial charge < -0.3 is 14.8 Å². The molecule has 3 rings (SSSR count). The highest BCUT2D eigenvalue weighted by Crippen LogP contribution is 2.36. The minimum Gasteiger partial charge on any atom is -0.497 e. The summed E-state index contributed by atoms with van der Waals surface area (Å²) in [5.41, 5.74) is 3.71. The van der Waals surface area contributed by atoms with Crippen LogP contribution in [-0.2, 0) is 6.42 Å². The highest BCUT2D eigenvalue weighted by Gasteiger charge is 2.23. The van der Waals surface area contributed by atoms with E-state index in [0.717, 1.165) is 31.1 Å². The fourth-order valence-electron chi connectivity index (χ4n) is 2.90. The predicted octanol–water partition coefficient (Wildman–Crippen LogP) is 3.33. The second-order valence-corrected chi connectivity index (χ2v) is 5.20. The molecular weight excluding hydrogens is 262 g/mol. The molecule has 0 bridgehead atoms. The van der Waals surface area contributed by atoms with Crippen molar-refractivity contribution in [3.05, 3.63) is 59.2 Å². The van der Waals surface area contributed by atoms with E-state index in [2.05, 4.69) is 42.6 Å². The van der Waals surface area contributed by atoms with Crippen molar-refractivity contribution < 1.29 is 9.47 Å². The molecule has 0 saturated carbocycles. The van der Waals surface area contributed by atoms with Crippen LogP contribution < -0.4 is 14.8 Å². The molecule has 1 heterocycles. The van der Waals surface area contributed by atoms with E-state index in [4.69, 9.17) is 9.47 Å². The highest BCUT2D eigenvalue weighted by atomic mass is 16.5. The zero-order valence-corrected chi connectivity index (χ0v) is 12.6. The lowest BCUT2D eigenvalue weighted by molar-refractivity contribution is 0.350. The van der Waals surface area contributed by atoms with Crippen LogP contribution in [0.15, 0.2) is 42.5 Å². The molecule has 2 aromatic carbocycles. The Hall–Kier alpha value is -2.00. The Labute approximate surface area is 125 Å². The van der Waals surface area contributed by atoms with Crippen LogP contribution in [0.5, 0.6) is 11.5 Å². The van der Waals surface area contributed by atoms with Crippen LogP contribution in [0.1, 0.15) is 29.7 Å². The number of nitrogens with one attached hydrogen (secondary N) is 1. The lowest BCUT2D eigenvalue weighted by atomic mass is 9.95. The first-order chi connectivity index (χ1) is 10.3. The summed E-state index contributed by atoms with van der Waals surface area (Å²) in [6.45, 7) is 3.80. The maximum absolute atomic E-state index is 5.86. The lowest BCUT2D eigenvalue weighted by Crippen LogP contribution is -2.22. The van der Waals surface area contributed by atoms with Crippen molar-refractivity contribution in [2.75, 3.05) is 20.3 Å². The number of hydrogen-bond acceptors (Lipinski definition) is 3. The molecule has 0 amide bonds. The Morgan fingerprint density at radius 1 is 1.24 bits per heavy atom. The van der Waals surface area contributed by atoms with Crippen LogP contribution >= 0.6 is 0 Å². The lowest BCUT2D eigenvalue weighted by Gasteiger charge is -2.21. The largest absolute Gasteiger partial charge is 0.497 e. The molecule has 1 atom stereocenters. The SMILES string of the molecule is CCNC(c1cccc(OC)c1)c1cccc2c1OCC2. The standard InChI is InChI=1S/C18H21NO2/c1-3-19-17(14-7-4-8-15(12-14)20-2)16-9-5-6-13-10-11-21-18(13)16/h4-9,12,17,19H,3,10-11H2,1-2H3. The normalized spacial score (nSPS) is 14.4. The molecule has 2 aromatic rings. The quantitative estimate of drug-likeness (QED) is 0.913. The van der Waals surface area contributed by atoms with Crippen molar-refractivity contribution in [3.63, 3.8) is 0 Å². The molecule has 0 fully saturated rings. The Kier molecular flexibility index (Phi) is 4.11. The van der Waals surface area contributed by atoms with Gasteiger partial charge >= 0.3 is 0 Å². The van der Waals surface area contributed by atoms with Crippen molar-refractivity contribution >= 4 is 0 Å². The van der Waals surface area contributed by atoms with Gasteiger partial charge in [-0.1, -0.05) is 37.3 Å². The second-order valence-electron chi connectivity index (χ2n) is 5.20. The summed E-state index contributed by atoms with van der Waals surface area (Å²) < 4.78 is 11.2. The van der Waals surface area contributed by atoms with Gasteiger partial charge in [0.15, 0.2) is 0 Å². The van der Waals surface area contributed by atoms with E-state index >= 15 is 0 Å². The Morgan fingerprint density at radius 3 is 2.90 bits per heavy atom. The zero-order chi connectivity index (χ0) is 14.7. The van der Waals surface area contributed by atoms with E-state index in [1.54, 1.807) is 7.11 Å². The van der Waals surface area contributed by atoms with Gasteiger partial charge in [-0.25, -0.2) is 0 Å². The van der Waals surface area contributed by atoms with Crippen molar-refractivity contribution in [2.45, 2.75) is 19.4 Å². The maximum atomic E-state index is 5.86. The van der Waals surface area contributed by atoms with Gasteiger partial charge in [-0.15, -0.1) is 0 Å². The molecule has 0 aliphatic carbocycles. The van der Waals surface area contributed by atoms with E-state index in [0.29, 0.717) is 0 Å². The smallest absolute Gasteiger partial charge is 0.127 e. The number of hydrogen-bond donors (Lipinski definition) is 1. The molecule has 0 saturated heterocycles. The highest BCUT2D eigenvalue weighted by molar-refractivity contribution is 5.49.